The first-order valence-corrected chi connectivity index (χ1v) is 7.94. The Hall–Kier alpha value is -2.65. The number of aliphatic hydroxyl groups is 1. The average molecular weight is 403 g/mol. The number of rotatable bonds is 6. The first-order chi connectivity index (χ1) is 12.6. The molecule has 1 heterocycles. The minimum atomic E-state index is -4.55. The Labute approximate surface area is 156 Å². The van der Waals surface area contributed by atoms with Crippen molar-refractivity contribution in [2.75, 3.05) is 0 Å². The number of pyridine rings is 1. The predicted molar refractivity (Wildman–Crippen MR) is 88.9 cm³/mol. The van der Waals surface area contributed by atoms with E-state index in [0.717, 1.165) is 24.3 Å². The number of carboxylic acid groups (broad SMARTS) is 1. The molecule has 0 fully saturated rings. The summed E-state index contributed by atoms with van der Waals surface area (Å²) in [6.07, 6.45) is -5.15. The number of carbonyl (C=O) groups is 2. The first-order valence-electron chi connectivity index (χ1n) is 7.57. The lowest BCUT2D eigenvalue weighted by atomic mass is 10.0. The maximum Gasteiger partial charge on any atom is 0.416 e. The van der Waals surface area contributed by atoms with Gasteiger partial charge in [-0.25, -0.2) is 9.78 Å². The maximum absolute atomic E-state index is 12.6. The van der Waals surface area contributed by atoms with E-state index in [1.54, 1.807) is 0 Å². The molecule has 0 radical (unpaired) electrons. The average Bonchev–Trinajstić information content (AvgIpc) is 2.61. The first kappa shape index (κ1) is 20.7. The third-order valence-corrected chi connectivity index (χ3v) is 3.87. The smallest absolute Gasteiger partial charge is 0.416 e. The summed E-state index contributed by atoms with van der Waals surface area (Å²) in [6, 6.07) is 4.96. The summed E-state index contributed by atoms with van der Waals surface area (Å²) < 4.78 is 37.7. The summed E-state index contributed by atoms with van der Waals surface area (Å²) in [4.78, 5) is 27.3. The summed E-state index contributed by atoms with van der Waals surface area (Å²) in [5.74, 6) is -2.40. The minimum absolute atomic E-state index is 0.0993. The molecule has 0 aliphatic rings. The predicted octanol–water partition coefficient (Wildman–Crippen LogP) is 2.60. The summed E-state index contributed by atoms with van der Waals surface area (Å²) in [5, 5.41) is 21.6. The topological polar surface area (TPSA) is 99.5 Å². The molecule has 0 saturated carbocycles. The van der Waals surface area contributed by atoms with Gasteiger partial charge in [-0.1, -0.05) is 29.8 Å². The molecule has 0 unspecified atom stereocenters. The molecule has 1 aromatic heterocycles. The Morgan fingerprint density at radius 1 is 1.15 bits per heavy atom. The number of aliphatic hydroxyl groups excluding tert-OH is 1. The van der Waals surface area contributed by atoms with Crippen LogP contribution in [0, 0.1) is 0 Å². The van der Waals surface area contributed by atoms with Gasteiger partial charge in [0.25, 0.3) is 5.91 Å². The highest BCUT2D eigenvalue weighted by molar-refractivity contribution is 6.29. The van der Waals surface area contributed by atoms with E-state index in [-0.39, 0.29) is 17.1 Å². The van der Waals surface area contributed by atoms with Gasteiger partial charge in [-0.15, -0.1) is 0 Å². The molecule has 2 atom stereocenters. The van der Waals surface area contributed by atoms with Crippen molar-refractivity contribution < 1.29 is 33.0 Å². The summed E-state index contributed by atoms with van der Waals surface area (Å²) in [5.41, 5.74) is -0.550. The highest BCUT2D eigenvalue weighted by atomic mass is 35.5. The van der Waals surface area contributed by atoms with Crippen molar-refractivity contribution in [1.82, 2.24) is 10.3 Å². The molecule has 1 aromatic carbocycles. The van der Waals surface area contributed by atoms with Crippen LogP contribution in [0.3, 0.4) is 0 Å². The third kappa shape index (κ3) is 5.66. The van der Waals surface area contributed by atoms with Crippen LogP contribution in [-0.4, -0.2) is 33.1 Å². The highest BCUT2D eigenvalue weighted by Gasteiger charge is 2.31. The zero-order valence-electron chi connectivity index (χ0n) is 13.6. The van der Waals surface area contributed by atoms with Gasteiger partial charge in [0.05, 0.1) is 5.56 Å². The van der Waals surface area contributed by atoms with Gasteiger partial charge in [-0.05, 0) is 29.3 Å². The standard InChI is InChI=1S/C17H14ClF3N2O4/c18-13-6-1-9(8-22-13)7-12(16(26)27)23-15(25)14(24)10-2-4-11(5-3-10)17(19,20)21/h1-6,8,12,14,24H,7H2,(H,23,25)(H,26,27)/t12-,14-/m0/s1. The number of nitrogens with zero attached hydrogens (tertiary/aromatic N) is 1. The van der Waals surface area contributed by atoms with Crippen LogP contribution in [0.2, 0.25) is 5.15 Å². The Morgan fingerprint density at radius 2 is 1.78 bits per heavy atom. The molecule has 1 amide bonds. The zero-order valence-corrected chi connectivity index (χ0v) is 14.3. The molecule has 27 heavy (non-hydrogen) atoms. The highest BCUT2D eigenvalue weighted by Crippen LogP contribution is 2.30. The molecular formula is C17H14ClF3N2O4. The number of carbonyl (C=O) groups excluding carboxylic acids is 1. The summed E-state index contributed by atoms with van der Waals surface area (Å²) in [7, 11) is 0. The van der Waals surface area contributed by atoms with Crippen molar-refractivity contribution in [2.24, 2.45) is 0 Å². The van der Waals surface area contributed by atoms with E-state index >= 15 is 0 Å². The zero-order chi connectivity index (χ0) is 20.2. The van der Waals surface area contributed by atoms with Crippen molar-refractivity contribution in [1.29, 1.82) is 0 Å². The fraction of sp³-hybridized carbons (Fsp3) is 0.235. The third-order valence-electron chi connectivity index (χ3n) is 3.65. The second kappa shape index (κ2) is 8.36. The van der Waals surface area contributed by atoms with Gasteiger partial charge in [0.1, 0.15) is 11.2 Å². The molecule has 6 nitrogen and oxygen atoms in total. The lowest BCUT2D eigenvalue weighted by molar-refractivity contribution is -0.143. The van der Waals surface area contributed by atoms with E-state index in [1.165, 1.54) is 18.3 Å². The van der Waals surface area contributed by atoms with E-state index in [1.807, 2.05) is 0 Å². The van der Waals surface area contributed by atoms with Gasteiger partial charge < -0.3 is 15.5 Å². The number of hydrogen-bond donors (Lipinski definition) is 3. The van der Waals surface area contributed by atoms with E-state index < -0.39 is 35.8 Å². The van der Waals surface area contributed by atoms with Gasteiger partial charge in [-0.3, -0.25) is 4.79 Å². The Kier molecular flexibility index (Phi) is 6.40. The maximum atomic E-state index is 12.6. The number of aliphatic carboxylic acids is 1. The van der Waals surface area contributed by atoms with Gasteiger partial charge in [0, 0.05) is 12.6 Å². The Morgan fingerprint density at radius 3 is 2.26 bits per heavy atom. The fourth-order valence-corrected chi connectivity index (χ4v) is 2.33. The lowest BCUT2D eigenvalue weighted by Crippen LogP contribution is -2.44. The molecule has 0 aliphatic heterocycles. The lowest BCUT2D eigenvalue weighted by Gasteiger charge is -2.18. The molecule has 3 N–H and O–H groups in total. The largest absolute Gasteiger partial charge is 0.480 e. The molecule has 144 valence electrons. The molecule has 0 saturated heterocycles. The quantitative estimate of drug-likeness (QED) is 0.645. The van der Waals surface area contributed by atoms with Crippen molar-refractivity contribution >= 4 is 23.5 Å². The number of hydrogen-bond acceptors (Lipinski definition) is 4. The van der Waals surface area contributed by atoms with E-state index in [2.05, 4.69) is 10.3 Å². The minimum Gasteiger partial charge on any atom is -0.480 e. The number of halogens is 4. The van der Waals surface area contributed by atoms with Crippen LogP contribution in [0.4, 0.5) is 13.2 Å². The SMILES string of the molecule is O=C(O)[C@H](Cc1ccc(Cl)nc1)NC(=O)[C@@H](O)c1ccc(C(F)(F)F)cc1. The second-order valence-electron chi connectivity index (χ2n) is 5.62. The van der Waals surface area contributed by atoms with Crippen molar-refractivity contribution in [3.63, 3.8) is 0 Å². The van der Waals surface area contributed by atoms with E-state index in [0.29, 0.717) is 5.56 Å². The molecule has 10 heteroatoms. The van der Waals surface area contributed by atoms with E-state index in [9.17, 15) is 33.0 Å². The summed E-state index contributed by atoms with van der Waals surface area (Å²) in [6.45, 7) is 0. The Balaban J connectivity index is 2.07. The van der Waals surface area contributed by atoms with Crippen LogP contribution in [0.1, 0.15) is 22.8 Å². The molecule has 0 aliphatic carbocycles. The number of nitrogens with one attached hydrogen (secondary N) is 1. The van der Waals surface area contributed by atoms with Crippen molar-refractivity contribution in [2.45, 2.75) is 24.7 Å². The van der Waals surface area contributed by atoms with Crippen LogP contribution < -0.4 is 5.32 Å². The van der Waals surface area contributed by atoms with Crippen LogP contribution in [0.5, 0.6) is 0 Å². The van der Waals surface area contributed by atoms with Gasteiger partial charge in [-0.2, -0.15) is 13.2 Å². The van der Waals surface area contributed by atoms with Gasteiger partial charge >= 0.3 is 12.1 Å². The van der Waals surface area contributed by atoms with Gasteiger partial charge in [0.2, 0.25) is 0 Å². The van der Waals surface area contributed by atoms with Gasteiger partial charge in [0.15, 0.2) is 6.10 Å². The molecule has 0 spiro atoms. The van der Waals surface area contributed by atoms with E-state index in [4.69, 9.17) is 11.6 Å². The Bertz CT molecular complexity index is 810. The number of alkyl halides is 3. The van der Waals surface area contributed by atoms with Crippen LogP contribution in [0.15, 0.2) is 42.6 Å². The molecule has 0 bridgehead atoms. The molecule has 2 aromatic rings. The van der Waals surface area contributed by atoms with Crippen molar-refractivity contribution in [3.05, 3.63) is 64.4 Å². The monoisotopic (exact) mass is 402 g/mol. The number of amides is 1. The second-order valence-corrected chi connectivity index (χ2v) is 6.00. The molecular weight excluding hydrogens is 389 g/mol. The molecule has 2 rings (SSSR count). The van der Waals surface area contributed by atoms with Crippen LogP contribution >= 0.6 is 11.6 Å². The van der Waals surface area contributed by atoms with Crippen molar-refractivity contribution in [3.8, 4) is 0 Å². The van der Waals surface area contributed by atoms with Crippen LogP contribution in [-0.2, 0) is 22.2 Å². The number of benzene rings is 1. The fourth-order valence-electron chi connectivity index (χ4n) is 2.22. The van der Waals surface area contributed by atoms with Crippen LogP contribution in [0.25, 0.3) is 0 Å². The normalized spacial score (nSPS) is 13.7. The number of carboxylic acids is 1. The number of aromatic nitrogens is 1. The summed E-state index contributed by atoms with van der Waals surface area (Å²) >= 11 is 5.64.